The third-order valence-electron chi connectivity index (χ3n) is 8.91. The predicted molar refractivity (Wildman–Crippen MR) is 201 cm³/mol. The Labute approximate surface area is 292 Å². The molecule has 1 aliphatic carbocycles. The minimum Gasteiger partial charge on any atom is -0.289 e. The summed E-state index contributed by atoms with van der Waals surface area (Å²) in [5, 5.41) is 10.5. The van der Waals surface area contributed by atoms with Crippen LogP contribution in [0.4, 0.5) is 0 Å². The van der Waals surface area contributed by atoms with Crippen molar-refractivity contribution in [3.8, 4) is 22.5 Å². The van der Waals surface area contributed by atoms with Crippen molar-refractivity contribution in [2.24, 2.45) is 0 Å². The molecule has 6 heteroatoms. The number of carbonyl (C=O) groups is 2. The molecule has 0 amide bonds. The van der Waals surface area contributed by atoms with E-state index in [9.17, 15) is 9.59 Å². The Morgan fingerprint density at radius 3 is 1.20 bits per heavy atom. The number of fused-ring (bicyclic) bond motifs is 3. The van der Waals surface area contributed by atoms with Crippen LogP contribution in [0.3, 0.4) is 0 Å². The summed E-state index contributed by atoms with van der Waals surface area (Å²) < 4.78 is 0. The topological polar surface area (TPSA) is 85.7 Å². The van der Waals surface area contributed by atoms with Crippen LogP contribution >= 0.6 is 0 Å². The van der Waals surface area contributed by atoms with E-state index >= 15 is 0 Å². The number of carbonyl (C=O) groups excluding carboxylic acids is 2. The summed E-state index contributed by atoms with van der Waals surface area (Å²) in [4.78, 5) is 34.3. The van der Waals surface area contributed by atoms with Crippen LogP contribution in [-0.2, 0) is 0 Å². The number of hydrogen-bond acceptors (Lipinski definition) is 6. The molecule has 8 rings (SSSR count). The first-order valence-corrected chi connectivity index (χ1v) is 16.6. The van der Waals surface area contributed by atoms with Crippen molar-refractivity contribution in [2.45, 2.75) is 41.5 Å². The Kier molecular flexibility index (Phi) is 9.82. The smallest absolute Gasteiger partial charge is 0.194 e. The summed E-state index contributed by atoms with van der Waals surface area (Å²) in [6, 6.07) is 39.4. The highest BCUT2D eigenvalue weighted by Gasteiger charge is 2.31. The van der Waals surface area contributed by atoms with Gasteiger partial charge in [-0.1, -0.05) is 121 Å². The van der Waals surface area contributed by atoms with Gasteiger partial charge in [0.25, 0.3) is 0 Å². The van der Waals surface area contributed by atoms with Crippen LogP contribution in [-0.4, -0.2) is 31.7 Å². The second-order valence-corrected chi connectivity index (χ2v) is 12.4. The van der Waals surface area contributed by atoms with Crippen LogP contribution in [0.1, 0.15) is 65.7 Å². The molecule has 0 saturated heterocycles. The minimum atomic E-state index is -0.0404. The van der Waals surface area contributed by atoms with Gasteiger partial charge in [-0.2, -0.15) is 10.2 Å². The number of hydrogen-bond donors (Lipinski definition) is 0. The van der Waals surface area contributed by atoms with Gasteiger partial charge in [0.05, 0.1) is 11.4 Å². The maximum atomic E-state index is 12.5. The lowest BCUT2D eigenvalue weighted by Gasteiger charge is -2.20. The molecule has 5 aromatic carbocycles. The molecule has 7 aromatic rings. The Hall–Kier alpha value is -6.14. The molecular formula is C44H38N4O2. The molecule has 0 fully saturated rings. The van der Waals surface area contributed by atoms with Gasteiger partial charge < -0.3 is 0 Å². The Morgan fingerprint density at radius 2 is 0.760 bits per heavy atom. The van der Waals surface area contributed by atoms with Gasteiger partial charge in [0, 0.05) is 55.5 Å². The van der Waals surface area contributed by atoms with E-state index in [1.807, 2.05) is 114 Å². The maximum Gasteiger partial charge on any atom is 0.194 e. The van der Waals surface area contributed by atoms with Crippen LogP contribution < -0.4 is 0 Å². The number of nitrogens with zero attached hydrogens (tertiary/aromatic N) is 4. The number of aryl methyl sites for hydroxylation is 6. The summed E-state index contributed by atoms with van der Waals surface area (Å²) in [6.07, 6.45) is 0. The molecule has 0 bridgehead atoms. The molecule has 50 heavy (non-hydrogen) atoms. The lowest BCUT2D eigenvalue weighted by Crippen LogP contribution is -2.23. The van der Waals surface area contributed by atoms with Gasteiger partial charge in [0.1, 0.15) is 0 Å². The van der Waals surface area contributed by atoms with Crippen LogP contribution in [0, 0.1) is 41.5 Å². The molecule has 0 radical (unpaired) electrons. The van der Waals surface area contributed by atoms with Gasteiger partial charge in [-0.05, 0) is 58.2 Å². The van der Waals surface area contributed by atoms with Gasteiger partial charge in [-0.15, -0.1) is 0 Å². The normalized spacial score (nSPS) is 11.5. The van der Waals surface area contributed by atoms with Gasteiger partial charge in [0.2, 0.25) is 0 Å². The van der Waals surface area contributed by atoms with Crippen molar-refractivity contribution in [3.63, 3.8) is 0 Å². The molecule has 2 aromatic heterocycles. The van der Waals surface area contributed by atoms with Crippen molar-refractivity contribution in [1.29, 1.82) is 0 Å². The number of rotatable bonds is 2. The summed E-state index contributed by atoms with van der Waals surface area (Å²) in [5.41, 5.74) is 11.3. The molecule has 1 aliphatic rings. The highest BCUT2D eigenvalue weighted by molar-refractivity contribution is 6.29. The van der Waals surface area contributed by atoms with Crippen molar-refractivity contribution >= 4 is 22.3 Å². The lowest BCUT2D eigenvalue weighted by atomic mass is 9.80. The van der Waals surface area contributed by atoms with E-state index in [1.165, 1.54) is 16.3 Å². The number of benzene rings is 5. The van der Waals surface area contributed by atoms with Crippen LogP contribution in [0.15, 0.2) is 121 Å². The molecule has 0 saturated carbocycles. The summed E-state index contributed by atoms with van der Waals surface area (Å²) in [7, 11) is 0. The van der Waals surface area contributed by atoms with E-state index in [0.29, 0.717) is 22.3 Å². The zero-order chi connectivity index (χ0) is 35.4. The van der Waals surface area contributed by atoms with Gasteiger partial charge >= 0.3 is 0 Å². The number of ketones is 2. The average Bonchev–Trinajstić information content (AvgIpc) is 3.14. The first-order valence-electron chi connectivity index (χ1n) is 16.6. The first kappa shape index (κ1) is 33.7. The van der Waals surface area contributed by atoms with Crippen LogP contribution in [0.2, 0.25) is 0 Å². The lowest BCUT2D eigenvalue weighted by molar-refractivity contribution is 0.0978. The third-order valence-corrected chi connectivity index (χ3v) is 8.91. The fourth-order valence-corrected chi connectivity index (χ4v) is 6.37. The monoisotopic (exact) mass is 654 g/mol. The van der Waals surface area contributed by atoms with E-state index < -0.39 is 0 Å². The van der Waals surface area contributed by atoms with E-state index in [2.05, 4.69) is 44.4 Å². The molecule has 6 nitrogen and oxygen atoms in total. The number of aromatic nitrogens is 4. The fraction of sp³-hybridized carbons (Fsp3) is 0.136. The quantitative estimate of drug-likeness (QED) is 0.185. The zero-order valence-electron chi connectivity index (χ0n) is 29.2. The standard InChI is InChI=1S/C18H16N2.C16H12O2.C10H10N2/c1-13-17(15-9-5-3-6-10-15)14(2)20-18(19-13)16-11-7-4-8-12-16;1-9-7-8-10(2)14-13(9)15(17)11-5-3-4-6-12(11)16(14)18;1-7-9-5-3-4-6-10(9)8(2)12-11-7/h3-12H,1-2H3;3-8H,1-2H3;3-6H,1-2H3. The third kappa shape index (κ3) is 6.74. The molecular weight excluding hydrogens is 617 g/mol. The molecule has 0 N–H and O–H groups in total. The van der Waals surface area contributed by atoms with Gasteiger partial charge in [-0.3, -0.25) is 9.59 Å². The minimum absolute atomic E-state index is 0.0404. The Bertz CT molecular complexity index is 2240. The molecule has 0 aliphatic heterocycles. The van der Waals surface area contributed by atoms with E-state index in [1.54, 1.807) is 24.3 Å². The van der Waals surface area contributed by atoms with Crippen molar-refractivity contribution < 1.29 is 9.59 Å². The van der Waals surface area contributed by atoms with Crippen LogP contribution in [0.25, 0.3) is 33.3 Å². The van der Waals surface area contributed by atoms with E-state index in [0.717, 1.165) is 50.9 Å². The summed E-state index contributed by atoms with van der Waals surface area (Å²) in [6.45, 7) is 11.8. The zero-order valence-corrected chi connectivity index (χ0v) is 29.2. The molecule has 0 spiro atoms. The fourth-order valence-electron chi connectivity index (χ4n) is 6.37. The van der Waals surface area contributed by atoms with E-state index in [4.69, 9.17) is 0 Å². The molecule has 246 valence electrons. The van der Waals surface area contributed by atoms with Crippen molar-refractivity contribution in [3.05, 3.63) is 177 Å². The Morgan fingerprint density at radius 1 is 0.380 bits per heavy atom. The Balaban J connectivity index is 0.000000134. The SMILES string of the molecule is Cc1ccc(C)c2c1C(=O)c1ccccc1C2=O.Cc1nc(-c2ccccc2)nc(C)c1-c1ccccc1.Cc1nnc(C)c2ccccc12. The van der Waals surface area contributed by atoms with Crippen LogP contribution in [0.5, 0.6) is 0 Å². The summed E-state index contributed by atoms with van der Waals surface area (Å²) >= 11 is 0. The largest absolute Gasteiger partial charge is 0.289 e. The van der Waals surface area contributed by atoms with Gasteiger partial charge in [-0.25, -0.2) is 9.97 Å². The van der Waals surface area contributed by atoms with Gasteiger partial charge in [0.15, 0.2) is 17.4 Å². The first-order chi connectivity index (χ1) is 24.2. The van der Waals surface area contributed by atoms with Crippen molar-refractivity contribution in [2.75, 3.05) is 0 Å². The van der Waals surface area contributed by atoms with Crippen molar-refractivity contribution in [1.82, 2.24) is 20.2 Å². The second kappa shape index (κ2) is 14.5. The highest BCUT2D eigenvalue weighted by Crippen LogP contribution is 2.31. The average molecular weight is 655 g/mol. The molecule has 0 unspecified atom stereocenters. The predicted octanol–water partition coefficient (Wildman–Crippen LogP) is 9.75. The summed E-state index contributed by atoms with van der Waals surface area (Å²) in [5.74, 6) is 0.711. The highest BCUT2D eigenvalue weighted by atomic mass is 16.1. The molecule has 0 atom stereocenters. The van der Waals surface area contributed by atoms with E-state index in [-0.39, 0.29) is 11.6 Å². The second-order valence-electron chi connectivity index (χ2n) is 12.4. The maximum absolute atomic E-state index is 12.5. The molecule has 2 heterocycles.